The van der Waals surface area contributed by atoms with Gasteiger partial charge in [-0.2, -0.15) is 5.26 Å². The summed E-state index contributed by atoms with van der Waals surface area (Å²) in [7, 11) is 0. The number of carboxylic acids is 1. The van der Waals surface area contributed by atoms with E-state index >= 15 is 0 Å². The molecule has 1 aromatic rings. The normalized spacial score (nSPS) is 9.50. The third-order valence-electron chi connectivity index (χ3n) is 2.02. The highest BCUT2D eigenvalue weighted by Gasteiger charge is 2.14. The van der Waals surface area contributed by atoms with Crippen molar-refractivity contribution in [1.82, 2.24) is 0 Å². The summed E-state index contributed by atoms with van der Waals surface area (Å²) in [6.45, 7) is 1.26. The number of aromatic carboxylic acids is 1. The topological polar surface area (TPSA) is 81.3 Å². The fourth-order valence-corrected chi connectivity index (χ4v) is 1.29. The lowest BCUT2D eigenvalue weighted by Gasteiger charge is -2.07. The summed E-state index contributed by atoms with van der Waals surface area (Å²) in [5.74, 6) is -1.13. The standard InChI is InChI=1S/C10H9NO3/c1-6-2-3-7(10(13)14)9(5-12)8(6)4-11/h2-3,12H,5H2,1H3,(H,13,14). The molecule has 0 amide bonds. The number of aliphatic hydroxyl groups is 1. The molecular formula is C10H9NO3. The van der Waals surface area contributed by atoms with Gasteiger partial charge in [0.15, 0.2) is 0 Å². The average Bonchev–Trinajstić information content (AvgIpc) is 2.16. The van der Waals surface area contributed by atoms with Crippen LogP contribution >= 0.6 is 0 Å². The number of carboxylic acid groups (broad SMARTS) is 1. The number of hydrogen-bond donors (Lipinski definition) is 2. The number of aliphatic hydroxyl groups excluding tert-OH is 1. The van der Waals surface area contributed by atoms with E-state index in [1.54, 1.807) is 13.0 Å². The van der Waals surface area contributed by atoms with Crippen LogP contribution in [0.3, 0.4) is 0 Å². The van der Waals surface area contributed by atoms with Crippen LogP contribution in [-0.2, 0) is 6.61 Å². The van der Waals surface area contributed by atoms with E-state index in [4.69, 9.17) is 15.5 Å². The number of nitrogens with zero attached hydrogens (tertiary/aromatic N) is 1. The highest BCUT2D eigenvalue weighted by molar-refractivity contribution is 5.90. The molecule has 2 N–H and O–H groups in total. The largest absolute Gasteiger partial charge is 0.478 e. The van der Waals surface area contributed by atoms with Crippen molar-refractivity contribution in [2.24, 2.45) is 0 Å². The lowest BCUT2D eigenvalue weighted by atomic mass is 9.98. The molecule has 72 valence electrons. The van der Waals surface area contributed by atoms with Gasteiger partial charge in [-0.3, -0.25) is 0 Å². The number of rotatable bonds is 2. The van der Waals surface area contributed by atoms with E-state index in [2.05, 4.69) is 0 Å². The van der Waals surface area contributed by atoms with Gasteiger partial charge < -0.3 is 10.2 Å². The highest BCUT2D eigenvalue weighted by Crippen LogP contribution is 2.18. The maximum absolute atomic E-state index is 10.7. The zero-order valence-electron chi connectivity index (χ0n) is 7.61. The van der Waals surface area contributed by atoms with Gasteiger partial charge in [0.05, 0.1) is 23.8 Å². The molecule has 0 saturated carbocycles. The summed E-state index contributed by atoms with van der Waals surface area (Å²) in [6, 6.07) is 4.84. The summed E-state index contributed by atoms with van der Waals surface area (Å²) in [4.78, 5) is 10.7. The minimum Gasteiger partial charge on any atom is -0.478 e. The van der Waals surface area contributed by atoms with Crippen molar-refractivity contribution in [3.63, 3.8) is 0 Å². The zero-order chi connectivity index (χ0) is 10.7. The Kier molecular flexibility index (Phi) is 2.85. The summed E-state index contributed by atoms with van der Waals surface area (Å²) >= 11 is 0. The molecular weight excluding hydrogens is 182 g/mol. The van der Waals surface area contributed by atoms with Gasteiger partial charge >= 0.3 is 5.97 Å². The van der Waals surface area contributed by atoms with Gasteiger partial charge in [-0.25, -0.2) is 4.79 Å². The Hall–Kier alpha value is -1.86. The van der Waals surface area contributed by atoms with Crippen molar-refractivity contribution < 1.29 is 15.0 Å². The lowest BCUT2D eigenvalue weighted by molar-refractivity contribution is 0.0693. The van der Waals surface area contributed by atoms with Crippen LogP contribution in [0.2, 0.25) is 0 Å². The van der Waals surface area contributed by atoms with Crippen LogP contribution in [0.5, 0.6) is 0 Å². The minimum atomic E-state index is -1.13. The molecule has 0 spiro atoms. The van der Waals surface area contributed by atoms with E-state index in [0.29, 0.717) is 5.56 Å². The molecule has 0 aromatic heterocycles. The van der Waals surface area contributed by atoms with Crippen molar-refractivity contribution in [2.75, 3.05) is 0 Å². The van der Waals surface area contributed by atoms with Gasteiger partial charge in [0.25, 0.3) is 0 Å². The molecule has 4 heteroatoms. The third-order valence-corrected chi connectivity index (χ3v) is 2.02. The molecule has 0 aliphatic carbocycles. The predicted molar refractivity (Wildman–Crippen MR) is 48.8 cm³/mol. The van der Waals surface area contributed by atoms with Crippen LogP contribution in [0, 0.1) is 18.3 Å². The van der Waals surface area contributed by atoms with Gasteiger partial charge in [0.2, 0.25) is 0 Å². The summed E-state index contributed by atoms with van der Waals surface area (Å²) < 4.78 is 0. The number of benzene rings is 1. The minimum absolute atomic E-state index is 0.0188. The van der Waals surface area contributed by atoms with E-state index in [9.17, 15) is 4.79 Å². The molecule has 0 radical (unpaired) electrons. The SMILES string of the molecule is Cc1ccc(C(=O)O)c(CO)c1C#N. The van der Waals surface area contributed by atoms with Crippen molar-refractivity contribution in [1.29, 1.82) is 5.26 Å². The van der Waals surface area contributed by atoms with E-state index < -0.39 is 12.6 Å². The fourth-order valence-electron chi connectivity index (χ4n) is 1.29. The first-order chi connectivity index (χ1) is 6.61. The van der Waals surface area contributed by atoms with Gasteiger partial charge in [-0.05, 0) is 18.6 Å². The van der Waals surface area contributed by atoms with Gasteiger partial charge in [0, 0.05) is 5.56 Å². The smallest absolute Gasteiger partial charge is 0.336 e. The van der Waals surface area contributed by atoms with Crippen LogP contribution < -0.4 is 0 Å². The van der Waals surface area contributed by atoms with Gasteiger partial charge in [-0.15, -0.1) is 0 Å². The summed E-state index contributed by atoms with van der Waals surface area (Å²) in [6.07, 6.45) is 0. The molecule has 0 aliphatic rings. The molecule has 1 rings (SSSR count). The third kappa shape index (κ3) is 1.58. The maximum Gasteiger partial charge on any atom is 0.336 e. The Morgan fingerprint density at radius 2 is 2.21 bits per heavy atom. The first-order valence-corrected chi connectivity index (χ1v) is 3.98. The summed E-state index contributed by atoms with van der Waals surface area (Å²) in [5, 5.41) is 26.6. The predicted octanol–water partition coefficient (Wildman–Crippen LogP) is 1.06. The number of nitriles is 1. The molecule has 0 fully saturated rings. The van der Waals surface area contributed by atoms with Crippen LogP contribution in [0.25, 0.3) is 0 Å². The zero-order valence-corrected chi connectivity index (χ0v) is 7.61. The Balaban J connectivity index is 3.50. The van der Waals surface area contributed by atoms with E-state index in [1.807, 2.05) is 6.07 Å². The maximum atomic E-state index is 10.7. The highest BCUT2D eigenvalue weighted by atomic mass is 16.4. The van der Waals surface area contributed by atoms with Crippen LogP contribution in [0.4, 0.5) is 0 Å². The molecule has 0 unspecified atom stereocenters. The molecule has 0 atom stereocenters. The Morgan fingerprint density at radius 1 is 1.57 bits per heavy atom. The number of aryl methyl sites for hydroxylation is 1. The average molecular weight is 191 g/mol. The van der Waals surface area contributed by atoms with E-state index in [0.717, 1.165) is 0 Å². The molecule has 14 heavy (non-hydrogen) atoms. The molecule has 4 nitrogen and oxygen atoms in total. The molecule has 0 saturated heterocycles. The van der Waals surface area contributed by atoms with E-state index in [-0.39, 0.29) is 16.7 Å². The van der Waals surface area contributed by atoms with Crippen molar-refractivity contribution >= 4 is 5.97 Å². The number of hydrogen-bond acceptors (Lipinski definition) is 3. The molecule has 0 heterocycles. The molecule has 0 aliphatic heterocycles. The van der Waals surface area contributed by atoms with Crippen molar-refractivity contribution in [2.45, 2.75) is 13.5 Å². The fraction of sp³-hybridized carbons (Fsp3) is 0.200. The van der Waals surface area contributed by atoms with Gasteiger partial charge in [-0.1, -0.05) is 6.07 Å². The van der Waals surface area contributed by atoms with Crippen LogP contribution in [0.1, 0.15) is 27.0 Å². The second-order valence-electron chi connectivity index (χ2n) is 2.86. The number of carbonyl (C=O) groups is 1. The van der Waals surface area contributed by atoms with Crippen LogP contribution in [-0.4, -0.2) is 16.2 Å². The van der Waals surface area contributed by atoms with Gasteiger partial charge in [0.1, 0.15) is 0 Å². The Labute approximate surface area is 81.0 Å². The Bertz CT molecular complexity index is 418. The Morgan fingerprint density at radius 3 is 2.64 bits per heavy atom. The first kappa shape index (κ1) is 10.2. The second kappa shape index (κ2) is 3.90. The van der Waals surface area contributed by atoms with E-state index in [1.165, 1.54) is 6.07 Å². The molecule has 1 aromatic carbocycles. The summed E-state index contributed by atoms with van der Waals surface area (Å²) in [5.41, 5.74) is 1.07. The quantitative estimate of drug-likeness (QED) is 0.732. The van der Waals surface area contributed by atoms with Crippen molar-refractivity contribution in [3.05, 3.63) is 34.4 Å². The van der Waals surface area contributed by atoms with Crippen LogP contribution in [0.15, 0.2) is 12.1 Å². The molecule has 0 bridgehead atoms. The lowest BCUT2D eigenvalue weighted by Crippen LogP contribution is -2.06. The first-order valence-electron chi connectivity index (χ1n) is 3.98. The van der Waals surface area contributed by atoms with Crippen molar-refractivity contribution in [3.8, 4) is 6.07 Å². The monoisotopic (exact) mass is 191 g/mol. The second-order valence-corrected chi connectivity index (χ2v) is 2.86.